The summed E-state index contributed by atoms with van der Waals surface area (Å²) in [5.74, 6) is 0.427. The second-order valence-corrected chi connectivity index (χ2v) is 6.80. The molecule has 3 N–H and O–H groups in total. The van der Waals surface area contributed by atoms with Gasteiger partial charge in [0.15, 0.2) is 0 Å². The van der Waals surface area contributed by atoms with Crippen LogP contribution in [0.3, 0.4) is 0 Å². The fourth-order valence-corrected chi connectivity index (χ4v) is 3.45. The van der Waals surface area contributed by atoms with Crippen LogP contribution in [0.4, 0.5) is 0 Å². The van der Waals surface area contributed by atoms with Gasteiger partial charge >= 0.3 is 0 Å². The maximum Gasteiger partial charge on any atom is 0.234 e. The highest BCUT2D eigenvalue weighted by Crippen LogP contribution is 2.27. The molecule has 1 fully saturated rings. The van der Waals surface area contributed by atoms with Gasteiger partial charge in [-0.15, -0.1) is 0 Å². The standard InChI is InChI=1S/C19H24N4O3/c20-10-15(8-14-5-3-7-22-19(14)25)23-18(24)12-21-11-16-9-13-4-1-2-6-17(13)26-16/h1-2,4,6,14-16,21H,3,5,7-9,11-12H2,(H,22,25)(H,23,24)/t14-,15-,16?/m0/s1. The third kappa shape index (κ3) is 4.73. The van der Waals surface area contributed by atoms with Crippen LogP contribution in [0.5, 0.6) is 5.75 Å². The van der Waals surface area contributed by atoms with E-state index >= 15 is 0 Å². The number of piperidine rings is 1. The molecule has 1 aromatic carbocycles. The van der Waals surface area contributed by atoms with E-state index < -0.39 is 6.04 Å². The molecular weight excluding hydrogens is 332 g/mol. The third-order valence-electron chi connectivity index (χ3n) is 4.78. The van der Waals surface area contributed by atoms with Crippen LogP contribution in [0.25, 0.3) is 0 Å². The molecule has 2 heterocycles. The highest BCUT2D eigenvalue weighted by atomic mass is 16.5. The predicted octanol–water partition coefficient (Wildman–Crippen LogP) is 0.504. The Morgan fingerprint density at radius 1 is 1.42 bits per heavy atom. The summed E-state index contributed by atoms with van der Waals surface area (Å²) in [5, 5.41) is 17.8. The van der Waals surface area contributed by atoms with Gasteiger partial charge in [0.05, 0.1) is 12.6 Å². The Bertz CT molecular complexity index is 675. The number of amides is 2. The molecule has 1 unspecified atom stereocenters. The first kappa shape index (κ1) is 18.2. The Labute approximate surface area is 153 Å². The average Bonchev–Trinajstić information content (AvgIpc) is 3.05. The van der Waals surface area contributed by atoms with Crippen molar-refractivity contribution in [1.82, 2.24) is 16.0 Å². The van der Waals surface area contributed by atoms with E-state index in [-0.39, 0.29) is 30.4 Å². The lowest BCUT2D eigenvalue weighted by Gasteiger charge is -2.24. The summed E-state index contributed by atoms with van der Waals surface area (Å²) in [4.78, 5) is 23.8. The SMILES string of the molecule is N#C[C@H](C[C@@H]1CCCNC1=O)NC(=O)CNCC1Cc2ccccc2O1. The highest BCUT2D eigenvalue weighted by Gasteiger charge is 2.26. The zero-order chi connectivity index (χ0) is 18.4. The maximum absolute atomic E-state index is 12.1. The lowest BCUT2D eigenvalue weighted by atomic mass is 9.92. The number of carbonyl (C=O) groups excluding carboxylic acids is 2. The van der Waals surface area contributed by atoms with Gasteiger partial charge in [0.1, 0.15) is 17.9 Å². The minimum Gasteiger partial charge on any atom is -0.488 e. The van der Waals surface area contributed by atoms with Gasteiger partial charge in [-0.3, -0.25) is 9.59 Å². The highest BCUT2D eigenvalue weighted by molar-refractivity contribution is 5.80. The van der Waals surface area contributed by atoms with E-state index in [1.54, 1.807) is 0 Å². The van der Waals surface area contributed by atoms with Crippen molar-refractivity contribution in [1.29, 1.82) is 5.26 Å². The van der Waals surface area contributed by atoms with E-state index in [1.165, 1.54) is 5.56 Å². The summed E-state index contributed by atoms with van der Waals surface area (Å²) in [6, 6.07) is 9.35. The average molecular weight is 356 g/mol. The van der Waals surface area contributed by atoms with Crippen molar-refractivity contribution in [2.45, 2.75) is 37.8 Å². The summed E-state index contributed by atoms with van der Waals surface area (Å²) in [6.45, 7) is 1.37. The van der Waals surface area contributed by atoms with Crippen molar-refractivity contribution in [3.8, 4) is 11.8 Å². The third-order valence-corrected chi connectivity index (χ3v) is 4.78. The number of hydrogen-bond donors (Lipinski definition) is 3. The monoisotopic (exact) mass is 356 g/mol. The van der Waals surface area contributed by atoms with Crippen molar-refractivity contribution in [3.63, 3.8) is 0 Å². The van der Waals surface area contributed by atoms with Crippen LogP contribution in [0, 0.1) is 17.2 Å². The molecule has 2 aliphatic heterocycles. The molecule has 26 heavy (non-hydrogen) atoms. The Morgan fingerprint density at radius 3 is 3.04 bits per heavy atom. The molecule has 0 saturated carbocycles. The van der Waals surface area contributed by atoms with Crippen LogP contribution >= 0.6 is 0 Å². The molecular formula is C19H24N4O3. The van der Waals surface area contributed by atoms with Crippen LogP contribution < -0.4 is 20.7 Å². The van der Waals surface area contributed by atoms with Crippen LogP contribution in [-0.2, 0) is 16.0 Å². The van der Waals surface area contributed by atoms with Crippen molar-refractivity contribution < 1.29 is 14.3 Å². The minimum atomic E-state index is -0.648. The van der Waals surface area contributed by atoms with Gasteiger partial charge in [0.25, 0.3) is 0 Å². The molecule has 3 atom stereocenters. The largest absolute Gasteiger partial charge is 0.488 e. The number of rotatable bonds is 7. The minimum absolute atomic E-state index is 0.0119. The predicted molar refractivity (Wildman–Crippen MR) is 95.3 cm³/mol. The van der Waals surface area contributed by atoms with Crippen LogP contribution in [-0.4, -0.2) is 43.6 Å². The van der Waals surface area contributed by atoms with E-state index in [1.807, 2.05) is 24.3 Å². The zero-order valence-electron chi connectivity index (χ0n) is 14.7. The second kappa shape index (κ2) is 8.68. The summed E-state index contributed by atoms with van der Waals surface area (Å²) in [7, 11) is 0. The fraction of sp³-hybridized carbons (Fsp3) is 0.526. The Hall–Kier alpha value is -2.59. The first-order valence-electron chi connectivity index (χ1n) is 9.07. The smallest absolute Gasteiger partial charge is 0.234 e. The Balaban J connectivity index is 1.37. The number of nitrogens with zero attached hydrogens (tertiary/aromatic N) is 1. The quantitative estimate of drug-likeness (QED) is 0.660. The number of fused-ring (bicyclic) bond motifs is 1. The number of nitriles is 1. The van der Waals surface area contributed by atoms with Gasteiger partial charge in [-0.05, 0) is 30.9 Å². The van der Waals surface area contributed by atoms with Crippen LogP contribution in [0.2, 0.25) is 0 Å². The van der Waals surface area contributed by atoms with Crippen molar-refractivity contribution in [2.75, 3.05) is 19.6 Å². The van der Waals surface area contributed by atoms with E-state index in [0.717, 1.165) is 25.0 Å². The molecule has 7 heteroatoms. The molecule has 7 nitrogen and oxygen atoms in total. The Kier molecular flexibility index (Phi) is 6.08. The maximum atomic E-state index is 12.1. The van der Waals surface area contributed by atoms with Crippen molar-refractivity contribution in [3.05, 3.63) is 29.8 Å². The van der Waals surface area contributed by atoms with Crippen LogP contribution in [0.15, 0.2) is 24.3 Å². The van der Waals surface area contributed by atoms with E-state index in [0.29, 0.717) is 19.5 Å². The number of hydrogen-bond acceptors (Lipinski definition) is 5. The van der Waals surface area contributed by atoms with Gasteiger partial charge in [-0.1, -0.05) is 18.2 Å². The van der Waals surface area contributed by atoms with Gasteiger partial charge in [-0.25, -0.2) is 0 Å². The number of benzene rings is 1. The molecule has 1 aromatic rings. The van der Waals surface area contributed by atoms with Crippen molar-refractivity contribution >= 4 is 11.8 Å². The summed E-state index contributed by atoms with van der Waals surface area (Å²) in [5.41, 5.74) is 1.18. The number of ether oxygens (including phenoxy) is 1. The van der Waals surface area contributed by atoms with E-state index in [2.05, 4.69) is 22.0 Å². The topological polar surface area (TPSA) is 103 Å². The fourth-order valence-electron chi connectivity index (χ4n) is 3.45. The lowest BCUT2D eigenvalue weighted by Crippen LogP contribution is -2.45. The van der Waals surface area contributed by atoms with Gasteiger partial charge < -0.3 is 20.7 Å². The van der Waals surface area contributed by atoms with E-state index in [9.17, 15) is 14.9 Å². The molecule has 0 aliphatic carbocycles. The molecule has 0 bridgehead atoms. The summed E-state index contributed by atoms with van der Waals surface area (Å²) >= 11 is 0. The molecule has 0 radical (unpaired) electrons. The van der Waals surface area contributed by atoms with Gasteiger partial charge in [0, 0.05) is 25.4 Å². The number of nitrogens with one attached hydrogen (secondary N) is 3. The molecule has 2 aliphatic rings. The normalized spacial score (nSPS) is 22.5. The molecule has 138 valence electrons. The number of para-hydroxylation sites is 1. The Morgan fingerprint density at radius 2 is 2.27 bits per heavy atom. The molecule has 0 aromatic heterocycles. The second-order valence-electron chi connectivity index (χ2n) is 6.80. The molecule has 0 spiro atoms. The van der Waals surface area contributed by atoms with Gasteiger partial charge in [-0.2, -0.15) is 5.26 Å². The molecule has 1 saturated heterocycles. The molecule has 2 amide bonds. The van der Waals surface area contributed by atoms with Crippen molar-refractivity contribution in [2.24, 2.45) is 5.92 Å². The first-order valence-corrected chi connectivity index (χ1v) is 9.07. The number of carbonyl (C=O) groups is 2. The van der Waals surface area contributed by atoms with Gasteiger partial charge in [0.2, 0.25) is 11.8 Å². The zero-order valence-corrected chi connectivity index (χ0v) is 14.7. The molecule has 3 rings (SSSR count). The first-order chi connectivity index (χ1) is 12.7. The summed E-state index contributed by atoms with van der Waals surface area (Å²) < 4.78 is 5.81. The van der Waals surface area contributed by atoms with E-state index in [4.69, 9.17) is 4.74 Å². The lowest BCUT2D eigenvalue weighted by molar-refractivity contribution is -0.127. The summed E-state index contributed by atoms with van der Waals surface area (Å²) in [6.07, 6.45) is 2.86. The van der Waals surface area contributed by atoms with Crippen LogP contribution in [0.1, 0.15) is 24.8 Å².